The van der Waals surface area contributed by atoms with Gasteiger partial charge in [0.15, 0.2) is 0 Å². The number of anilines is 1. The number of fused-ring (bicyclic) bond motifs is 1. The van der Waals surface area contributed by atoms with Crippen molar-refractivity contribution in [1.29, 1.82) is 0 Å². The molecule has 0 radical (unpaired) electrons. The molecule has 1 aliphatic rings. The van der Waals surface area contributed by atoms with Crippen molar-refractivity contribution in [3.63, 3.8) is 0 Å². The van der Waals surface area contributed by atoms with Crippen LogP contribution in [-0.2, 0) is 6.54 Å². The van der Waals surface area contributed by atoms with E-state index in [1.807, 2.05) is 36.4 Å². The number of hydrogen-bond donors (Lipinski definition) is 1. The molecule has 102 valence electrons. The number of hydrogen-bond acceptors (Lipinski definition) is 3. The quantitative estimate of drug-likeness (QED) is 0.930. The molecule has 0 bridgehead atoms. The van der Waals surface area contributed by atoms with Crippen molar-refractivity contribution < 1.29 is 14.6 Å². The second-order valence-electron chi connectivity index (χ2n) is 4.70. The van der Waals surface area contributed by atoms with E-state index >= 15 is 0 Å². The maximum Gasteiger partial charge on any atom is 0.336 e. The Morgan fingerprint density at radius 1 is 1.15 bits per heavy atom. The van der Waals surface area contributed by atoms with Crippen molar-refractivity contribution in [2.45, 2.75) is 6.54 Å². The van der Waals surface area contributed by atoms with Gasteiger partial charge in [0.2, 0.25) is 0 Å². The van der Waals surface area contributed by atoms with Gasteiger partial charge >= 0.3 is 5.97 Å². The molecule has 0 amide bonds. The second kappa shape index (κ2) is 5.25. The van der Waals surface area contributed by atoms with Gasteiger partial charge in [-0.2, -0.15) is 0 Å². The number of carboxylic acid groups (broad SMARTS) is 1. The third kappa shape index (κ3) is 2.32. The van der Waals surface area contributed by atoms with Crippen LogP contribution < -0.4 is 9.64 Å². The Hall–Kier alpha value is -2.49. The molecule has 4 nitrogen and oxygen atoms in total. The van der Waals surface area contributed by atoms with Crippen LogP contribution in [0.15, 0.2) is 48.5 Å². The van der Waals surface area contributed by atoms with E-state index in [-0.39, 0.29) is 0 Å². The van der Waals surface area contributed by atoms with E-state index in [0.717, 1.165) is 23.5 Å². The van der Waals surface area contributed by atoms with Crippen LogP contribution in [0.1, 0.15) is 15.9 Å². The molecule has 0 atom stereocenters. The standard InChI is InChI=1S/C16H15NO3/c18-16(19)13-6-2-1-5-12(13)11-17-9-10-20-15-8-4-3-7-14(15)17/h1-8H,9-11H2,(H,18,19). The molecule has 0 fully saturated rings. The number of carbonyl (C=O) groups is 1. The Kier molecular flexibility index (Phi) is 3.29. The van der Waals surface area contributed by atoms with E-state index in [9.17, 15) is 9.90 Å². The van der Waals surface area contributed by atoms with Crippen molar-refractivity contribution in [3.05, 3.63) is 59.7 Å². The molecule has 3 rings (SSSR count). The van der Waals surface area contributed by atoms with Crippen LogP contribution in [0.2, 0.25) is 0 Å². The summed E-state index contributed by atoms with van der Waals surface area (Å²) >= 11 is 0. The first-order valence-corrected chi connectivity index (χ1v) is 6.53. The number of aromatic carboxylic acids is 1. The summed E-state index contributed by atoms with van der Waals surface area (Å²) in [4.78, 5) is 13.4. The molecule has 20 heavy (non-hydrogen) atoms. The number of carboxylic acids is 1. The van der Waals surface area contributed by atoms with E-state index < -0.39 is 5.97 Å². The molecule has 1 heterocycles. The lowest BCUT2D eigenvalue weighted by atomic mass is 10.1. The predicted octanol–water partition coefficient (Wildman–Crippen LogP) is 2.78. The molecular formula is C16H15NO3. The topological polar surface area (TPSA) is 49.8 Å². The highest BCUT2D eigenvalue weighted by atomic mass is 16.5. The molecule has 0 unspecified atom stereocenters. The number of rotatable bonds is 3. The van der Waals surface area contributed by atoms with E-state index in [1.54, 1.807) is 12.1 Å². The lowest BCUT2D eigenvalue weighted by Crippen LogP contribution is -2.32. The zero-order valence-corrected chi connectivity index (χ0v) is 11.0. The van der Waals surface area contributed by atoms with Gasteiger partial charge in [0.1, 0.15) is 12.4 Å². The highest BCUT2D eigenvalue weighted by Gasteiger charge is 2.19. The molecule has 0 saturated carbocycles. The predicted molar refractivity (Wildman–Crippen MR) is 76.4 cm³/mol. The summed E-state index contributed by atoms with van der Waals surface area (Å²) in [6, 6.07) is 15.0. The van der Waals surface area contributed by atoms with E-state index in [1.165, 1.54) is 0 Å². The molecule has 1 N–H and O–H groups in total. The van der Waals surface area contributed by atoms with Gasteiger partial charge < -0.3 is 14.7 Å². The van der Waals surface area contributed by atoms with Gasteiger partial charge in [-0.3, -0.25) is 0 Å². The van der Waals surface area contributed by atoms with Gasteiger partial charge in [0, 0.05) is 6.54 Å². The summed E-state index contributed by atoms with van der Waals surface area (Å²) in [5, 5.41) is 9.25. The molecule has 0 saturated heterocycles. The van der Waals surface area contributed by atoms with Gasteiger partial charge in [-0.05, 0) is 23.8 Å². The fourth-order valence-electron chi connectivity index (χ4n) is 2.46. The number of benzene rings is 2. The maximum absolute atomic E-state index is 11.3. The zero-order chi connectivity index (χ0) is 13.9. The maximum atomic E-state index is 11.3. The molecule has 2 aromatic rings. The first kappa shape index (κ1) is 12.5. The normalized spacial score (nSPS) is 13.5. The highest BCUT2D eigenvalue weighted by molar-refractivity contribution is 5.89. The minimum absolute atomic E-state index is 0.358. The van der Waals surface area contributed by atoms with Crippen LogP contribution >= 0.6 is 0 Å². The van der Waals surface area contributed by atoms with Gasteiger partial charge in [0.25, 0.3) is 0 Å². The Labute approximate surface area is 117 Å². The van der Waals surface area contributed by atoms with Crippen LogP contribution in [0.3, 0.4) is 0 Å². The van der Waals surface area contributed by atoms with Crippen LogP contribution in [0.25, 0.3) is 0 Å². The number of ether oxygens (including phenoxy) is 1. The van der Waals surface area contributed by atoms with Crippen molar-refractivity contribution >= 4 is 11.7 Å². The van der Waals surface area contributed by atoms with Crippen molar-refractivity contribution in [2.24, 2.45) is 0 Å². The summed E-state index contributed by atoms with van der Waals surface area (Å²) in [6.45, 7) is 1.94. The molecule has 0 spiro atoms. The Morgan fingerprint density at radius 3 is 2.75 bits per heavy atom. The average molecular weight is 269 g/mol. The molecule has 0 aromatic heterocycles. The van der Waals surface area contributed by atoms with E-state index in [4.69, 9.17) is 4.74 Å². The van der Waals surface area contributed by atoms with Crippen molar-refractivity contribution in [1.82, 2.24) is 0 Å². The third-order valence-electron chi connectivity index (χ3n) is 3.43. The zero-order valence-electron chi connectivity index (χ0n) is 11.0. The minimum Gasteiger partial charge on any atom is -0.490 e. The molecular weight excluding hydrogens is 254 g/mol. The first-order chi connectivity index (χ1) is 9.75. The Balaban J connectivity index is 1.92. The van der Waals surface area contributed by atoms with Crippen LogP contribution in [0.5, 0.6) is 5.75 Å². The van der Waals surface area contributed by atoms with Crippen molar-refractivity contribution in [2.75, 3.05) is 18.1 Å². The summed E-state index contributed by atoms with van der Waals surface area (Å²) in [5.74, 6) is -0.0336. The fourth-order valence-corrected chi connectivity index (χ4v) is 2.46. The summed E-state index contributed by atoms with van der Waals surface area (Å²) in [7, 11) is 0. The summed E-state index contributed by atoms with van der Waals surface area (Å²) in [5.41, 5.74) is 2.19. The van der Waals surface area contributed by atoms with Gasteiger partial charge in [-0.1, -0.05) is 30.3 Å². The Bertz CT molecular complexity index is 639. The number of para-hydroxylation sites is 2. The van der Waals surface area contributed by atoms with Gasteiger partial charge in [-0.15, -0.1) is 0 Å². The fraction of sp³-hybridized carbons (Fsp3) is 0.188. The number of nitrogens with zero attached hydrogens (tertiary/aromatic N) is 1. The van der Waals surface area contributed by atoms with Gasteiger partial charge in [0.05, 0.1) is 17.8 Å². The monoisotopic (exact) mass is 269 g/mol. The second-order valence-corrected chi connectivity index (χ2v) is 4.70. The third-order valence-corrected chi connectivity index (χ3v) is 3.43. The lowest BCUT2D eigenvalue weighted by Gasteiger charge is -2.31. The Morgan fingerprint density at radius 2 is 1.90 bits per heavy atom. The minimum atomic E-state index is -0.887. The van der Waals surface area contributed by atoms with Crippen LogP contribution in [0.4, 0.5) is 5.69 Å². The average Bonchev–Trinajstić information content (AvgIpc) is 2.48. The molecule has 2 aromatic carbocycles. The highest BCUT2D eigenvalue weighted by Crippen LogP contribution is 2.32. The molecule has 0 aliphatic carbocycles. The first-order valence-electron chi connectivity index (χ1n) is 6.53. The smallest absolute Gasteiger partial charge is 0.336 e. The van der Waals surface area contributed by atoms with Crippen molar-refractivity contribution in [3.8, 4) is 5.75 Å². The van der Waals surface area contributed by atoms with Crippen LogP contribution in [0, 0.1) is 0 Å². The molecule has 4 heteroatoms. The molecule has 1 aliphatic heterocycles. The van der Waals surface area contributed by atoms with E-state index in [2.05, 4.69) is 4.90 Å². The SMILES string of the molecule is O=C(O)c1ccccc1CN1CCOc2ccccc21. The van der Waals surface area contributed by atoms with E-state index in [0.29, 0.717) is 18.7 Å². The lowest BCUT2D eigenvalue weighted by molar-refractivity contribution is 0.0695. The summed E-state index contributed by atoms with van der Waals surface area (Å²) < 4.78 is 5.61. The van der Waals surface area contributed by atoms with Gasteiger partial charge in [-0.25, -0.2) is 4.79 Å². The largest absolute Gasteiger partial charge is 0.490 e. The van der Waals surface area contributed by atoms with Crippen LogP contribution in [-0.4, -0.2) is 24.2 Å². The summed E-state index contributed by atoms with van der Waals surface area (Å²) in [6.07, 6.45) is 0.